The quantitative estimate of drug-likeness (QED) is 0.487. The van der Waals surface area contributed by atoms with Crippen LogP contribution in [0.1, 0.15) is 16.1 Å². The number of piperazine rings is 1. The van der Waals surface area contributed by atoms with Gasteiger partial charge in [-0.1, -0.05) is 6.07 Å². The SMILES string of the molecule is O=C(c1ccn(-c2cccc([N+](=O)[O-])c2)n1)N1CCN(Cc2ccncc2)CC1. The highest BCUT2D eigenvalue weighted by molar-refractivity contribution is 5.92. The van der Waals surface area contributed by atoms with E-state index in [9.17, 15) is 14.9 Å². The fourth-order valence-electron chi connectivity index (χ4n) is 3.35. The van der Waals surface area contributed by atoms with Crippen LogP contribution in [0.3, 0.4) is 0 Å². The third kappa shape index (κ3) is 4.30. The lowest BCUT2D eigenvalue weighted by atomic mass is 10.2. The molecule has 1 aliphatic rings. The van der Waals surface area contributed by atoms with Crippen molar-refractivity contribution in [2.75, 3.05) is 26.2 Å². The minimum Gasteiger partial charge on any atom is -0.335 e. The standard InChI is InChI=1S/C20H20N6O3/c27-20(24-12-10-23(11-13-24)15-16-4-7-21-8-5-16)19-6-9-25(22-19)17-2-1-3-18(14-17)26(28)29/h1-9,14H,10-13,15H2. The summed E-state index contributed by atoms with van der Waals surface area (Å²) in [6.45, 7) is 3.69. The number of hydrogen-bond donors (Lipinski definition) is 0. The van der Waals surface area contributed by atoms with Gasteiger partial charge in [0.2, 0.25) is 0 Å². The third-order valence-electron chi connectivity index (χ3n) is 4.93. The monoisotopic (exact) mass is 392 g/mol. The van der Waals surface area contributed by atoms with Crippen LogP contribution in [-0.4, -0.2) is 61.6 Å². The smallest absolute Gasteiger partial charge is 0.274 e. The van der Waals surface area contributed by atoms with E-state index < -0.39 is 4.92 Å². The lowest BCUT2D eigenvalue weighted by Gasteiger charge is -2.34. The molecule has 0 N–H and O–H groups in total. The lowest BCUT2D eigenvalue weighted by molar-refractivity contribution is -0.384. The Morgan fingerprint density at radius 1 is 1.07 bits per heavy atom. The van der Waals surface area contributed by atoms with Crippen LogP contribution in [0, 0.1) is 10.1 Å². The van der Waals surface area contributed by atoms with E-state index in [0.717, 1.165) is 19.6 Å². The van der Waals surface area contributed by atoms with Gasteiger partial charge in [0.15, 0.2) is 5.69 Å². The predicted octanol–water partition coefficient (Wildman–Crippen LogP) is 2.13. The summed E-state index contributed by atoms with van der Waals surface area (Å²) >= 11 is 0. The topological polar surface area (TPSA) is 97.4 Å². The van der Waals surface area contributed by atoms with Crippen molar-refractivity contribution in [3.8, 4) is 5.69 Å². The van der Waals surface area contributed by atoms with E-state index >= 15 is 0 Å². The summed E-state index contributed by atoms with van der Waals surface area (Å²) in [4.78, 5) is 31.4. The van der Waals surface area contributed by atoms with Crippen LogP contribution in [0.2, 0.25) is 0 Å². The fourth-order valence-corrected chi connectivity index (χ4v) is 3.35. The Balaban J connectivity index is 1.38. The van der Waals surface area contributed by atoms with Gasteiger partial charge in [0.1, 0.15) is 0 Å². The minimum atomic E-state index is -0.454. The number of rotatable bonds is 5. The molecule has 3 heterocycles. The molecular weight excluding hydrogens is 372 g/mol. The number of pyridine rings is 1. The molecule has 2 aromatic heterocycles. The average molecular weight is 392 g/mol. The zero-order valence-corrected chi connectivity index (χ0v) is 15.7. The van der Waals surface area contributed by atoms with E-state index in [-0.39, 0.29) is 11.6 Å². The van der Waals surface area contributed by atoms with Crippen LogP contribution in [0.4, 0.5) is 5.69 Å². The summed E-state index contributed by atoms with van der Waals surface area (Å²) in [5.74, 6) is -0.127. The highest BCUT2D eigenvalue weighted by Gasteiger charge is 2.24. The van der Waals surface area contributed by atoms with E-state index in [2.05, 4.69) is 15.0 Å². The minimum absolute atomic E-state index is 0.0174. The average Bonchev–Trinajstić information content (AvgIpc) is 3.25. The summed E-state index contributed by atoms with van der Waals surface area (Å²) in [5.41, 5.74) is 2.06. The van der Waals surface area contributed by atoms with Gasteiger partial charge < -0.3 is 4.90 Å². The number of carbonyl (C=O) groups excluding carboxylic acids is 1. The highest BCUT2D eigenvalue weighted by atomic mass is 16.6. The molecule has 0 saturated carbocycles. The van der Waals surface area contributed by atoms with Crippen molar-refractivity contribution in [2.24, 2.45) is 0 Å². The van der Waals surface area contributed by atoms with E-state index in [1.807, 2.05) is 12.1 Å². The molecule has 0 spiro atoms. The Labute approximate surface area is 167 Å². The first kappa shape index (κ1) is 18.8. The molecule has 1 aromatic carbocycles. The normalized spacial score (nSPS) is 14.7. The summed E-state index contributed by atoms with van der Waals surface area (Å²) in [6.07, 6.45) is 5.21. The van der Waals surface area contributed by atoms with Gasteiger partial charge in [0.25, 0.3) is 11.6 Å². The molecule has 148 valence electrons. The second-order valence-corrected chi connectivity index (χ2v) is 6.85. The van der Waals surface area contributed by atoms with E-state index in [1.54, 1.807) is 41.7 Å². The number of aromatic nitrogens is 3. The molecule has 9 heteroatoms. The van der Waals surface area contributed by atoms with Gasteiger partial charge in [0.05, 0.1) is 10.6 Å². The summed E-state index contributed by atoms with van der Waals surface area (Å²) in [6, 6.07) is 11.8. The van der Waals surface area contributed by atoms with Crippen LogP contribution in [0.5, 0.6) is 0 Å². The van der Waals surface area contributed by atoms with Gasteiger partial charge in [-0.3, -0.25) is 24.8 Å². The fraction of sp³-hybridized carbons (Fsp3) is 0.250. The van der Waals surface area contributed by atoms with Crippen LogP contribution in [0.15, 0.2) is 61.1 Å². The maximum absolute atomic E-state index is 12.8. The number of hydrogen-bond acceptors (Lipinski definition) is 6. The van der Waals surface area contributed by atoms with Crippen LogP contribution < -0.4 is 0 Å². The molecule has 0 aliphatic carbocycles. The number of carbonyl (C=O) groups is 1. The third-order valence-corrected chi connectivity index (χ3v) is 4.93. The Morgan fingerprint density at radius 3 is 2.55 bits per heavy atom. The van der Waals surface area contributed by atoms with Crippen molar-refractivity contribution >= 4 is 11.6 Å². The largest absolute Gasteiger partial charge is 0.335 e. The molecule has 1 fully saturated rings. The van der Waals surface area contributed by atoms with Gasteiger partial charge >= 0.3 is 0 Å². The van der Waals surface area contributed by atoms with Crippen molar-refractivity contribution in [1.82, 2.24) is 24.6 Å². The molecule has 1 amide bonds. The maximum Gasteiger partial charge on any atom is 0.274 e. The van der Waals surface area contributed by atoms with Gasteiger partial charge in [-0.25, -0.2) is 4.68 Å². The zero-order valence-electron chi connectivity index (χ0n) is 15.7. The number of benzene rings is 1. The molecule has 29 heavy (non-hydrogen) atoms. The van der Waals surface area contributed by atoms with E-state index in [0.29, 0.717) is 24.5 Å². The molecule has 1 aliphatic heterocycles. The number of nitrogens with zero attached hydrogens (tertiary/aromatic N) is 6. The summed E-state index contributed by atoms with van der Waals surface area (Å²) < 4.78 is 1.49. The first-order valence-electron chi connectivity index (χ1n) is 9.31. The summed E-state index contributed by atoms with van der Waals surface area (Å²) in [7, 11) is 0. The van der Waals surface area contributed by atoms with Gasteiger partial charge in [-0.15, -0.1) is 0 Å². The number of nitro benzene ring substituents is 1. The molecule has 1 saturated heterocycles. The summed E-state index contributed by atoms with van der Waals surface area (Å²) in [5, 5.41) is 15.3. The van der Waals surface area contributed by atoms with E-state index in [1.165, 1.54) is 22.4 Å². The second-order valence-electron chi connectivity index (χ2n) is 6.85. The molecule has 9 nitrogen and oxygen atoms in total. The van der Waals surface area contributed by atoms with Crippen molar-refractivity contribution < 1.29 is 9.72 Å². The first-order chi connectivity index (χ1) is 14.1. The number of amides is 1. The Hall–Kier alpha value is -3.59. The highest BCUT2D eigenvalue weighted by Crippen LogP contribution is 2.17. The second kappa shape index (κ2) is 8.19. The van der Waals surface area contributed by atoms with Crippen molar-refractivity contribution in [3.05, 3.63) is 82.4 Å². The van der Waals surface area contributed by atoms with E-state index in [4.69, 9.17) is 0 Å². The molecular formula is C20H20N6O3. The molecule has 3 aromatic rings. The molecule has 0 bridgehead atoms. The maximum atomic E-state index is 12.8. The Bertz CT molecular complexity index is 1010. The van der Waals surface area contributed by atoms with Crippen molar-refractivity contribution in [2.45, 2.75) is 6.54 Å². The van der Waals surface area contributed by atoms with Gasteiger partial charge in [0, 0.05) is 63.4 Å². The predicted molar refractivity (Wildman–Crippen MR) is 106 cm³/mol. The van der Waals surface area contributed by atoms with Gasteiger partial charge in [-0.05, 0) is 29.8 Å². The zero-order chi connectivity index (χ0) is 20.2. The Kier molecular flexibility index (Phi) is 5.30. The van der Waals surface area contributed by atoms with Crippen molar-refractivity contribution in [1.29, 1.82) is 0 Å². The Morgan fingerprint density at radius 2 is 1.83 bits per heavy atom. The molecule has 0 unspecified atom stereocenters. The lowest BCUT2D eigenvalue weighted by Crippen LogP contribution is -2.48. The van der Waals surface area contributed by atoms with Gasteiger partial charge in [-0.2, -0.15) is 5.10 Å². The first-order valence-corrected chi connectivity index (χ1v) is 9.31. The molecule has 0 atom stereocenters. The number of non-ortho nitro benzene ring substituents is 1. The van der Waals surface area contributed by atoms with Crippen LogP contribution in [-0.2, 0) is 6.54 Å². The molecule has 4 rings (SSSR count). The van der Waals surface area contributed by atoms with Crippen LogP contribution in [0.25, 0.3) is 5.69 Å². The number of nitro groups is 1. The van der Waals surface area contributed by atoms with Crippen molar-refractivity contribution in [3.63, 3.8) is 0 Å². The van der Waals surface area contributed by atoms with Crippen LogP contribution >= 0.6 is 0 Å². The molecule has 0 radical (unpaired) electrons.